The number of rotatable bonds is 5. The second-order valence-corrected chi connectivity index (χ2v) is 6.52. The minimum atomic E-state index is 0.256. The summed E-state index contributed by atoms with van der Waals surface area (Å²) in [4.78, 5) is 2.37. The number of anilines is 1. The Morgan fingerprint density at radius 1 is 1.32 bits per heavy atom. The molecule has 1 saturated carbocycles. The van der Waals surface area contributed by atoms with Crippen molar-refractivity contribution in [2.45, 2.75) is 44.3 Å². The third-order valence-corrected chi connectivity index (χ3v) is 4.59. The maximum absolute atomic E-state index is 9.50. The number of aliphatic hydroxyl groups is 1. The predicted octanol–water partition coefficient (Wildman–Crippen LogP) is 2.66. The molecule has 0 aromatic heterocycles. The van der Waals surface area contributed by atoms with Gasteiger partial charge in [-0.25, -0.2) is 0 Å². The van der Waals surface area contributed by atoms with Gasteiger partial charge in [0, 0.05) is 29.3 Å². The van der Waals surface area contributed by atoms with Crippen molar-refractivity contribution in [2.24, 2.45) is 0 Å². The zero-order chi connectivity index (χ0) is 13.2. The number of hydrogen-bond acceptors (Lipinski definition) is 3. The minimum absolute atomic E-state index is 0.256. The van der Waals surface area contributed by atoms with E-state index in [-0.39, 0.29) is 6.61 Å². The van der Waals surface area contributed by atoms with E-state index in [2.05, 4.69) is 44.3 Å². The summed E-state index contributed by atoms with van der Waals surface area (Å²) >= 11 is 3.56. The van der Waals surface area contributed by atoms with Gasteiger partial charge in [-0.15, -0.1) is 0 Å². The normalized spacial score (nSPS) is 23.1. The summed E-state index contributed by atoms with van der Waals surface area (Å²) in [6, 6.07) is 7.50. The Kier molecular flexibility index (Phi) is 4.10. The summed E-state index contributed by atoms with van der Waals surface area (Å²) in [5, 5.41) is 13.1. The molecule has 1 unspecified atom stereocenters. The van der Waals surface area contributed by atoms with E-state index in [0.717, 1.165) is 30.0 Å². The predicted molar refractivity (Wildman–Crippen MR) is 81.5 cm³/mol. The summed E-state index contributed by atoms with van der Waals surface area (Å²) < 4.78 is 1.13. The maximum atomic E-state index is 9.50. The van der Waals surface area contributed by atoms with Crippen molar-refractivity contribution < 1.29 is 5.11 Å². The van der Waals surface area contributed by atoms with E-state index in [4.69, 9.17) is 0 Å². The van der Waals surface area contributed by atoms with Gasteiger partial charge in [0.05, 0.1) is 12.6 Å². The number of nitrogens with one attached hydrogen (secondary N) is 1. The molecule has 2 fully saturated rings. The van der Waals surface area contributed by atoms with Gasteiger partial charge in [0.2, 0.25) is 0 Å². The Morgan fingerprint density at radius 2 is 2.16 bits per heavy atom. The van der Waals surface area contributed by atoms with E-state index in [1.807, 2.05) is 0 Å². The second kappa shape index (κ2) is 5.81. The Labute approximate surface area is 123 Å². The Bertz CT molecular complexity index is 448. The largest absolute Gasteiger partial charge is 0.394 e. The number of aliphatic hydroxyl groups excluding tert-OH is 1. The van der Waals surface area contributed by atoms with Crippen molar-refractivity contribution in [3.8, 4) is 0 Å². The van der Waals surface area contributed by atoms with Crippen molar-refractivity contribution in [1.29, 1.82) is 0 Å². The van der Waals surface area contributed by atoms with Crippen molar-refractivity contribution in [3.63, 3.8) is 0 Å². The molecule has 1 saturated heterocycles. The van der Waals surface area contributed by atoms with Crippen LogP contribution < -0.4 is 10.2 Å². The summed E-state index contributed by atoms with van der Waals surface area (Å²) in [7, 11) is 0. The molecule has 1 aromatic rings. The van der Waals surface area contributed by atoms with Crippen molar-refractivity contribution in [2.75, 3.05) is 18.1 Å². The molecule has 2 N–H and O–H groups in total. The quantitative estimate of drug-likeness (QED) is 0.874. The highest BCUT2D eigenvalue weighted by atomic mass is 79.9. The monoisotopic (exact) mass is 324 g/mol. The average molecular weight is 325 g/mol. The molecule has 1 aliphatic heterocycles. The summed E-state index contributed by atoms with van der Waals surface area (Å²) in [6.07, 6.45) is 4.90. The summed E-state index contributed by atoms with van der Waals surface area (Å²) in [5.41, 5.74) is 2.62. The fourth-order valence-electron chi connectivity index (χ4n) is 2.86. The van der Waals surface area contributed by atoms with Crippen LogP contribution >= 0.6 is 15.9 Å². The molecule has 104 valence electrons. The molecule has 0 spiro atoms. The number of halogens is 1. The summed E-state index contributed by atoms with van der Waals surface area (Å²) in [5.74, 6) is 0. The van der Waals surface area contributed by atoms with Crippen LogP contribution in [0.15, 0.2) is 22.7 Å². The number of nitrogens with zero attached hydrogens (tertiary/aromatic N) is 1. The van der Waals surface area contributed by atoms with Gasteiger partial charge in [0.1, 0.15) is 0 Å². The zero-order valence-corrected chi connectivity index (χ0v) is 12.7. The minimum Gasteiger partial charge on any atom is -0.394 e. The lowest BCUT2D eigenvalue weighted by atomic mass is 10.1. The van der Waals surface area contributed by atoms with E-state index in [0.29, 0.717) is 6.04 Å². The van der Waals surface area contributed by atoms with Gasteiger partial charge < -0.3 is 15.3 Å². The van der Waals surface area contributed by atoms with Gasteiger partial charge in [-0.2, -0.15) is 0 Å². The van der Waals surface area contributed by atoms with Crippen LogP contribution in [0.3, 0.4) is 0 Å². The molecule has 1 heterocycles. The first-order valence-electron chi connectivity index (χ1n) is 7.17. The maximum Gasteiger partial charge on any atom is 0.0635 e. The first-order chi connectivity index (χ1) is 9.28. The molecule has 0 radical (unpaired) electrons. The molecule has 19 heavy (non-hydrogen) atoms. The lowest BCUT2D eigenvalue weighted by Crippen LogP contribution is -2.33. The molecular weight excluding hydrogens is 304 g/mol. The highest BCUT2D eigenvalue weighted by molar-refractivity contribution is 9.10. The standard InChI is InChI=1S/C15H21BrN2O/c16-12-3-6-15(18-7-1-2-14(18)10-19)11(8-12)9-17-13-4-5-13/h3,6,8,13-14,17,19H,1-2,4-5,7,9-10H2. The van der Waals surface area contributed by atoms with Crippen LogP contribution in [0.4, 0.5) is 5.69 Å². The van der Waals surface area contributed by atoms with Crippen LogP contribution in [0.5, 0.6) is 0 Å². The van der Waals surface area contributed by atoms with E-state index < -0.39 is 0 Å². The molecule has 2 aliphatic rings. The Hall–Kier alpha value is -0.580. The van der Waals surface area contributed by atoms with Gasteiger partial charge in [-0.05, 0) is 49.4 Å². The SMILES string of the molecule is OCC1CCCN1c1ccc(Br)cc1CNC1CC1. The lowest BCUT2D eigenvalue weighted by Gasteiger charge is -2.28. The molecule has 4 heteroatoms. The van der Waals surface area contributed by atoms with Crippen LogP contribution in [0, 0.1) is 0 Å². The Morgan fingerprint density at radius 3 is 2.89 bits per heavy atom. The number of hydrogen-bond donors (Lipinski definition) is 2. The highest BCUT2D eigenvalue weighted by Crippen LogP contribution is 2.31. The van der Waals surface area contributed by atoms with Gasteiger partial charge in [-0.3, -0.25) is 0 Å². The van der Waals surface area contributed by atoms with Gasteiger partial charge in [0.25, 0.3) is 0 Å². The Balaban J connectivity index is 1.81. The number of benzene rings is 1. The topological polar surface area (TPSA) is 35.5 Å². The van der Waals surface area contributed by atoms with Crippen molar-refractivity contribution in [3.05, 3.63) is 28.2 Å². The molecular formula is C15H21BrN2O. The van der Waals surface area contributed by atoms with E-state index in [9.17, 15) is 5.11 Å². The van der Waals surface area contributed by atoms with Gasteiger partial charge in [-0.1, -0.05) is 15.9 Å². The fraction of sp³-hybridized carbons (Fsp3) is 0.600. The van der Waals surface area contributed by atoms with E-state index in [1.54, 1.807) is 0 Å². The van der Waals surface area contributed by atoms with E-state index >= 15 is 0 Å². The smallest absolute Gasteiger partial charge is 0.0635 e. The zero-order valence-electron chi connectivity index (χ0n) is 11.1. The molecule has 3 rings (SSSR count). The molecule has 1 atom stereocenters. The first-order valence-corrected chi connectivity index (χ1v) is 7.96. The van der Waals surface area contributed by atoms with Crippen LogP contribution in [-0.4, -0.2) is 30.3 Å². The van der Waals surface area contributed by atoms with Gasteiger partial charge >= 0.3 is 0 Å². The van der Waals surface area contributed by atoms with Crippen LogP contribution in [0.25, 0.3) is 0 Å². The summed E-state index contributed by atoms with van der Waals surface area (Å²) in [6.45, 7) is 2.24. The van der Waals surface area contributed by atoms with Gasteiger partial charge in [0.15, 0.2) is 0 Å². The van der Waals surface area contributed by atoms with Crippen molar-refractivity contribution >= 4 is 21.6 Å². The lowest BCUT2D eigenvalue weighted by molar-refractivity contribution is 0.266. The third kappa shape index (κ3) is 3.12. The molecule has 1 aliphatic carbocycles. The fourth-order valence-corrected chi connectivity index (χ4v) is 3.27. The third-order valence-electron chi connectivity index (χ3n) is 4.10. The first kappa shape index (κ1) is 13.4. The van der Waals surface area contributed by atoms with Crippen LogP contribution in [0.2, 0.25) is 0 Å². The van der Waals surface area contributed by atoms with E-state index in [1.165, 1.54) is 30.5 Å². The molecule has 0 bridgehead atoms. The van der Waals surface area contributed by atoms with Crippen LogP contribution in [0.1, 0.15) is 31.2 Å². The average Bonchev–Trinajstić information content (AvgIpc) is 3.13. The van der Waals surface area contributed by atoms with Crippen LogP contribution in [-0.2, 0) is 6.54 Å². The second-order valence-electron chi connectivity index (χ2n) is 5.60. The highest BCUT2D eigenvalue weighted by Gasteiger charge is 2.26. The molecule has 1 aromatic carbocycles. The molecule has 3 nitrogen and oxygen atoms in total. The molecule has 0 amide bonds. The van der Waals surface area contributed by atoms with Crippen molar-refractivity contribution in [1.82, 2.24) is 5.32 Å².